The Hall–Kier alpha value is -1.85. The van der Waals surface area contributed by atoms with Crippen molar-refractivity contribution in [3.63, 3.8) is 0 Å². The van der Waals surface area contributed by atoms with Crippen molar-refractivity contribution < 1.29 is 9.53 Å². The normalized spacial score (nSPS) is 19.6. The van der Waals surface area contributed by atoms with Crippen LogP contribution in [-0.2, 0) is 4.74 Å². The molecule has 0 bridgehead atoms. The number of nitrogens with one attached hydrogen (secondary N) is 1. The molecule has 1 aromatic heterocycles. The fraction of sp³-hybridized carbons (Fsp3) is 0.500. The van der Waals surface area contributed by atoms with E-state index in [0.29, 0.717) is 19.0 Å². The highest BCUT2D eigenvalue weighted by atomic mass is 16.5. The molecule has 1 aliphatic rings. The maximum absolute atomic E-state index is 11.3. The predicted molar refractivity (Wildman–Crippen MR) is 58.0 cm³/mol. The summed E-state index contributed by atoms with van der Waals surface area (Å²) in [5.41, 5.74) is 0. The quantitative estimate of drug-likeness (QED) is 0.799. The Kier molecular flexibility index (Phi) is 3.19. The van der Waals surface area contributed by atoms with E-state index in [4.69, 9.17) is 0 Å². The molecule has 1 saturated heterocycles. The number of nitrogens with zero attached hydrogens (tertiary/aromatic N) is 3. The van der Waals surface area contributed by atoms with Crippen LogP contribution in [0.5, 0.6) is 0 Å². The topological polar surface area (TPSA) is 67.3 Å². The van der Waals surface area contributed by atoms with Gasteiger partial charge in [-0.2, -0.15) is 0 Å². The molecule has 0 radical (unpaired) electrons. The lowest BCUT2D eigenvalue weighted by Gasteiger charge is -2.15. The maximum Gasteiger partial charge on any atom is 0.409 e. The summed E-state index contributed by atoms with van der Waals surface area (Å²) < 4.78 is 4.66. The first-order valence-electron chi connectivity index (χ1n) is 5.16. The maximum atomic E-state index is 11.3. The lowest BCUT2D eigenvalue weighted by Crippen LogP contribution is -2.31. The van der Waals surface area contributed by atoms with Gasteiger partial charge in [-0.15, -0.1) is 0 Å². The second kappa shape index (κ2) is 4.78. The highest BCUT2D eigenvalue weighted by molar-refractivity contribution is 5.67. The largest absolute Gasteiger partial charge is 0.453 e. The van der Waals surface area contributed by atoms with Crippen LogP contribution in [0.2, 0.25) is 0 Å². The summed E-state index contributed by atoms with van der Waals surface area (Å²) in [5, 5.41) is 3.18. The SMILES string of the molecule is COC(=O)N1CC[C@@H](Nc2ncccn2)C1. The van der Waals surface area contributed by atoms with Crippen LogP contribution in [0.25, 0.3) is 0 Å². The predicted octanol–water partition coefficient (Wildman–Crippen LogP) is 0.729. The van der Waals surface area contributed by atoms with Crippen molar-refractivity contribution in [2.24, 2.45) is 0 Å². The highest BCUT2D eigenvalue weighted by Crippen LogP contribution is 2.13. The molecule has 1 N–H and O–H groups in total. The number of hydrogen-bond acceptors (Lipinski definition) is 5. The molecule has 1 amide bonds. The summed E-state index contributed by atoms with van der Waals surface area (Å²) in [5.74, 6) is 0.596. The number of hydrogen-bond donors (Lipinski definition) is 1. The summed E-state index contributed by atoms with van der Waals surface area (Å²) >= 11 is 0. The molecule has 0 spiro atoms. The van der Waals surface area contributed by atoms with Gasteiger partial charge in [0.25, 0.3) is 0 Å². The smallest absolute Gasteiger partial charge is 0.409 e. The Morgan fingerprint density at radius 2 is 2.31 bits per heavy atom. The minimum atomic E-state index is -0.279. The van der Waals surface area contributed by atoms with Crippen molar-refractivity contribution in [1.29, 1.82) is 0 Å². The van der Waals surface area contributed by atoms with Gasteiger partial charge in [-0.05, 0) is 12.5 Å². The third-order valence-electron chi connectivity index (χ3n) is 2.52. The summed E-state index contributed by atoms with van der Waals surface area (Å²) in [6.45, 7) is 1.34. The van der Waals surface area contributed by atoms with Crippen molar-refractivity contribution in [3.05, 3.63) is 18.5 Å². The van der Waals surface area contributed by atoms with Gasteiger partial charge < -0.3 is 15.0 Å². The first-order chi connectivity index (χ1) is 7.79. The van der Waals surface area contributed by atoms with E-state index in [1.807, 2.05) is 0 Å². The molecule has 0 aliphatic carbocycles. The fourth-order valence-corrected chi connectivity index (χ4v) is 1.73. The number of anilines is 1. The Balaban J connectivity index is 1.88. The molecule has 16 heavy (non-hydrogen) atoms. The van der Waals surface area contributed by atoms with E-state index in [2.05, 4.69) is 20.0 Å². The average molecular weight is 222 g/mol. The highest BCUT2D eigenvalue weighted by Gasteiger charge is 2.26. The molecule has 1 aromatic rings. The first kappa shape index (κ1) is 10.7. The number of rotatable bonds is 2. The van der Waals surface area contributed by atoms with E-state index >= 15 is 0 Å². The van der Waals surface area contributed by atoms with Gasteiger partial charge >= 0.3 is 6.09 Å². The van der Waals surface area contributed by atoms with Gasteiger partial charge in [0.15, 0.2) is 0 Å². The van der Waals surface area contributed by atoms with Crippen LogP contribution in [0, 0.1) is 0 Å². The van der Waals surface area contributed by atoms with Crippen LogP contribution >= 0.6 is 0 Å². The van der Waals surface area contributed by atoms with Crippen LogP contribution in [0.1, 0.15) is 6.42 Å². The number of likely N-dealkylation sites (tertiary alicyclic amines) is 1. The zero-order chi connectivity index (χ0) is 11.4. The van der Waals surface area contributed by atoms with Crippen molar-refractivity contribution in [1.82, 2.24) is 14.9 Å². The molecule has 2 heterocycles. The minimum Gasteiger partial charge on any atom is -0.453 e. The monoisotopic (exact) mass is 222 g/mol. The van der Waals surface area contributed by atoms with E-state index < -0.39 is 0 Å². The van der Waals surface area contributed by atoms with E-state index in [0.717, 1.165) is 6.42 Å². The molecule has 0 saturated carbocycles. The second-order valence-corrected chi connectivity index (χ2v) is 3.62. The zero-order valence-corrected chi connectivity index (χ0v) is 9.09. The van der Waals surface area contributed by atoms with Crippen molar-refractivity contribution in [2.45, 2.75) is 12.5 Å². The van der Waals surface area contributed by atoms with Gasteiger partial charge in [-0.25, -0.2) is 14.8 Å². The Bertz CT molecular complexity index is 357. The molecule has 0 unspecified atom stereocenters. The van der Waals surface area contributed by atoms with E-state index in [-0.39, 0.29) is 12.1 Å². The molecule has 86 valence electrons. The first-order valence-corrected chi connectivity index (χ1v) is 5.16. The molecular weight excluding hydrogens is 208 g/mol. The van der Waals surface area contributed by atoms with Crippen LogP contribution in [0.3, 0.4) is 0 Å². The van der Waals surface area contributed by atoms with Gasteiger partial charge in [0.2, 0.25) is 5.95 Å². The Morgan fingerprint density at radius 1 is 1.56 bits per heavy atom. The standard InChI is InChI=1S/C10H14N4O2/c1-16-10(15)14-6-3-8(7-14)13-9-11-4-2-5-12-9/h2,4-5,8H,3,6-7H2,1H3,(H,11,12,13)/t8-/m1/s1. The number of aromatic nitrogens is 2. The molecule has 0 aromatic carbocycles. The molecule has 1 aliphatic heterocycles. The van der Waals surface area contributed by atoms with Gasteiger partial charge in [-0.1, -0.05) is 0 Å². The summed E-state index contributed by atoms with van der Waals surface area (Å²) in [6, 6.07) is 1.96. The molecule has 1 fully saturated rings. The summed E-state index contributed by atoms with van der Waals surface area (Å²) in [6.07, 6.45) is 3.97. The lowest BCUT2D eigenvalue weighted by molar-refractivity contribution is 0.132. The minimum absolute atomic E-state index is 0.196. The van der Waals surface area contributed by atoms with Gasteiger partial charge in [-0.3, -0.25) is 0 Å². The third kappa shape index (κ3) is 2.39. The van der Waals surface area contributed by atoms with Crippen LogP contribution in [-0.4, -0.2) is 47.2 Å². The second-order valence-electron chi connectivity index (χ2n) is 3.62. The summed E-state index contributed by atoms with van der Waals surface area (Å²) in [4.78, 5) is 21.1. The van der Waals surface area contributed by atoms with Gasteiger partial charge in [0.05, 0.1) is 7.11 Å². The van der Waals surface area contributed by atoms with Crippen molar-refractivity contribution in [3.8, 4) is 0 Å². The molecule has 1 atom stereocenters. The molecule has 6 heteroatoms. The number of methoxy groups -OCH3 is 1. The molecular formula is C10H14N4O2. The lowest BCUT2D eigenvalue weighted by atomic mass is 10.3. The fourth-order valence-electron chi connectivity index (χ4n) is 1.73. The van der Waals surface area contributed by atoms with E-state index in [1.165, 1.54) is 7.11 Å². The number of carbonyl (C=O) groups is 1. The van der Waals surface area contributed by atoms with Crippen molar-refractivity contribution >= 4 is 12.0 Å². The van der Waals surface area contributed by atoms with Crippen molar-refractivity contribution in [2.75, 3.05) is 25.5 Å². The van der Waals surface area contributed by atoms with Gasteiger partial charge in [0.1, 0.15) is 0 Å². The van der Waals surface area contributed by atoms with E-state index in [9.17, 15) is 4.79 Å². The number of amides is 1. The Morgan fingerprint density at radius 3 is 3.00 bits per heavy atom. The van der Waals surface area contributed by atoms with Crippen LogP contribution in [0.4, 0.5) is 10.7 Å². The van der Waals surface area contributed by atoms with Crippen LogP contribution in [0.15, 0.2) is 18.5 Å². The molecule has 2 rings (SSSR count). The average Bonchev–Trinajstić information content (AvgIpc) is 2.78. The number of carbonyl (C=O) groups excluding carboxylic acids is 1. The Labute approximate surface area is 93.6 Å². The summed E-state index contributed by atoms with van der Waals surface area (Å²) in [7, 11) is 1.39. The van der Waals surface area contributed by atoms with Gasteiger partial charge in [0, 0.05) is 31.5 Å². The zero-order valence-electron chi connectivity index (χ0n) is 9.09. The van der Waals surface area contributed by atoms with Crippen LogP contribution < -0.4 is 5.32 Å². The number of ether oxygens (including phenoxy) is 1. The third-order valence-corrected chi connectivity index (χ3v) is 2.52. The molecule has 6 nitrogen and oxygen atoms in total. The van der Waals surface area contributed by atoms with E-state index in [1.54, 1.807) is 23.4 Å².